The first-order valence-corrected chi connectivity index (χ1v) is 11.1. The molecule has 1 aliphatic heterocycles. The highest BCUT2D eigenvalue weighted by Gasteiger charge is 2.24. The monoisotopic (exact) mass is 428 g/mol. The Morgan fingerprint density at radius 3 is 2.81 bits per heavy atom. The molecule has 0 amide bonds. The Balaban J connectivity index is 1.28. The Kier molecular flexibility index (Phi) is 5.83. The number of hydrogen-bond acceptors (Lipinski definition) is 6. The number of anilines is 2. The summed E-state index contributed by atoms with van der Waals surface area (Å²) in [4.78, 5) is 16.4. The normalized spacial score (nSPS) is 17.0. The summed E-state index contributed by atoms with van der Waals surface area (Å²) in [7, 11) is 0. The zero-order valence-corrected chi connectivity index (χ0v) is 18.5. The van der Waals surface area contributed by atoms with Gasteiger partial charge in [0, 0.05) is 25.8 Å². The fraction of sp³-hybridized carbons (Fsp3) is 0.320. The number of rotatable bonds is 6. The molecular formula is C25H28N6O. The topological polar surface area (TPSA) is 68.1 Å². The average Bonchev–Trinajstić information content (AvgIpc) is 3.18. The molecule has 7 heteroatoms. The number of imidazole rings is 1. The lowest BCUT2D eigenvalue weighted by Crippen LogP contribution is -2.38. The van der Waals surface area contributed by atoms with Crippen molar-refractivity contribution in [2.45, 2.75) is 33.0 Å². The van der Waals surface area contributed by atoms with Crippen LogP contribution in [0.1, 0.15) is 30.1 Å². The van der Waals surface area contributed by atoms with Crippen molar-refractivity contribution in [1.29, 1.82) is 0 Å². The van der Waals surface area contributed by atoms with E-state index in [2.05, 4.69) is 49.9 Å². The van der Waals surface area contributed by atoms with Crippen molar-refractivity contribution >= 4 is 22.5 Å². The zero-order valence-electron chi connectivity index (χ0n) is 18.5. The molecule has 5 rings (SSSR count). The molecule has 1 aromatic carbocycles. The number of ether oxygens (including phenoxy) is 1. The van der Waals surface area contributed by atoms with E-state index in [4.69, 9.17) is 9.72 Å². The van der Waals surface area contributed by atoms with Crippen LogP contribution in [0.25, 0.3) is 11.0 Å². The Morgan fingerprint density at radius 2 is 2.00 bits per heavy atom. The number of nitrogens with zero attached hydrogens (tertiary/aromatic N) is 5. The Hall–Kier alpha value is -3.29. The van der Waals surface area contributed by atoms with Crippen molar-refractivity contribution in [3.63, 3.8) is 0 Å². The Morgan fingerprint density at radius 1 is 1.09 bits per heavy atom. The van der Waals surface area contributed by atoms with E-state index in [1.807, 2.05) is 43.5 Å². The van der Waals surface area contributed by atoms with Crippen LogP contribution in [0.15, 0.2) is 60.9 Å². The molecule has 1 atom stereocenters. The number of benzene rings is 1. The van der Waals surface area contributed by atoms with Crippen LogP contribution in [0.3, 0.4) is 0 Å². The first kappa shape index (κ1) is 20.6. The summed E-state index contributed by atoms with van der Waals surface area (Å²) in [5.74, 6) is 1.95. The first-order valence-electron chi connectivity index (χ1n) is 11.1. The maximum Gasteiger partial charge on any atom is 0.133 e. The van der Waals surface area contributed by atoms with Crippen LogP contribution in [0.4, 0.5) is 11.5 Å². The molecule has 0 radical (unpaired) electrons. The van der Waals surface area contributed by atoms with Crippen LogP contribution in [0.2, 0.25) is 0 Å². The predicted molar refractivity (Wildman–Crippen MR) is 126 cm³/mol. The second kappa shape index (κ2) is 9.06. The third-order valence-electron chi connectivity index (χ3n) is 5.95. The van der Waals surface area contributed by atoms with Gasteiger partial charge in [0.25, 0.3) is 0 Å². The number of para-hydroxylation sites is 2. The lowest BCUT2D eigenvalue weighted by atomic mass is 10.2. The minimum atomic E-state index is -0.0474. The van der Waals surface area contributed by atoms with E-state index in [1.165, 1.54) is 5.52 Å². The maximum absolute atomic E-state index is 6.06. The van der Waals surface area contributed by atoms with Gasteiger partial charge in [-0.15, -0.1) is 0 Å². The SMILES string of the molecule is CCn1c(CN2CCOC(c3ccc(Nc4ncccc4C)cn3)C2)nc2ccccc21. The molecule has 0 spiro atoms. The van der Waals surface area contributed by atoms with E-state index in [1.54, 1.807) is 6.20 Å². The first-order chi connectivity index (χ1) is 15.7. The van der Waals surface area contributed by atoms with E-state index in [0.29, 0.717) is 6.61 Å². The number of aromatic nitrogens is 4. The van der Waals surface area contributed by atoms with E-state index < -0.39 is 0 Å². The van der Waals surface area contributed by atoms with Crippen LogP contribution in [-0.2, 0) is 17.8 Å². The summed E-state index contributed by atoms with van der Waals surface area (Å²) in [6.45, 7) is 8.30. The van der Waals surface area contributed by atoms with Crippen molar-refractivity contribution in [2.24, 2.45) is 0 Å². The fourth-order valence-electron chi connectivity index (χ4n) is 4.25. The quantitative estimate of drug-likeness (QED) is 0.489. The van der Waals surface area contributed by atoms with Crippen LogP contribution in [-0.4, -0.2) is 44.1 Å². The second-order valence-electron chi connectivity index (χ2n) is 8.12. The summed E-state index contributed by atoms with van der Waals surface area (Å²) in [5.41, 5.74) is 5.22. The standard InChI is InChI=1S/C25H28N6O/c1-3-31-22-9-5-4-8-20(22)29-24(31)17-30-13-14-32-23(16-30)21-11-10-19(15-27-21)28-25-18(2)7-6-12-26-25/h4-12,15,23H,3,13-14,16-17H2,1-2H3,(H,26,28). The molecule has 0 saturated carbocycles. The van der Waals surface area contributed by atoms with Crippen molar-refractivity contribution in [3.05, 3.63) is 78.0 Å². The van der Waals surface area contributed by atoms with Gasteiger partial charge in [-0.2, -0.15) is 0 Å². The van der Waals surface area contributed by atoms with Gasteiger partial charge < -0.3 is 14.6 Å². The molecule has 0 bridgehead atoms. The average molecular weight is 429 g/mol. The van der Waals surface area contributed by atoms with Gasteiger partial charge in [-0.25, -0.2) is 9.97 Å². The summed E-state index contributed by atoms with van der Waals surface area (Å²) < 4.78 is 8.36. The summed E-state index contributed by atoms with van der Waals surface area (Å²) in [6, 6.07) is 16.4. The molecular weight excluding hydrogens is 400 g/mol. The third kappa shape index (κ3) is 4.22. The molecule has 32 heavy (non-hydrogen) atoms. The van der Waals surface area contributed by atoms with Gasteiger partial charge in [-0.3, -0.25) is 9.88 Å². The van der Waals surface area contributed by atoms with Gasteiger partial charge in [0.1, 0.15) is 17.7 Å². The van der Waals surface area contributed by atoms with Crippen molar-refractivity contribution in [2.75, 3.05) is 25.0 Å². The third-order valence-corrected chi connectivity index (χ3v) is 5.95. The number of nitrogens with one attached hydrogen (secondary N) is 1. The molecule has 0 aliphatic carbocycles. The number of fused-ring (bicyclic) bond motifs is 1. The van der Waals surface area contributed by atoms with Crippen LogP contribution >= 0.6 is 0 Å². The molecule has 7 nitrogen and oxygen atoms in total. The molecule has 1 N–H and O–H groups in total. The van der Waals surface area contributed by atoms with Gasteiger partial charge in [-0.05, 0) is 49.7 Å². The summed E-state index contributed by atoms with van der Waals surface area (Å²) >= 11 is 0. The van der Waals surface area contributed by atoms with Gasteiger partial charge in [0.2, 0.25) is 0 Å². The molecule has 1 fully saturated rings. The van der Waals surface area contributed by atoms with E-state index >= 15 is 0 Å². The minimum absolute atomic E-state index is 0.0474. The smallest absolute Gasteiger partial charge is 0.133 e. The van der Waals surface area contributed by atoms with Crippen LogP contribution < -0.4 is 5.32 Å². The highest BCUT2D eigenvalue weighted by Crippen LogP contribution is 2.25. The summed E-state index contributed by atoms with van der Waals surface area (Å²) in [5, 5.41) is 3.33. The number of morpholine rings is 1. The highest BCUT2D eigenvalue weighted by atomic mass is 16.5. The predicted octanol–water partition coefficient (Wildman–Crippen LogP) is 4.47. The lowest BCUT2D eigenvalue weighted by Gasteiger charge is -2.32. The molecule has 4 aromatic rings. The van der Waals surface area contributed by atoms with Crippen molar-refractivity contribution < 1.29 is 4.74 Å². The van der Waals surface area contributed by atoms with Crippen LogP contribution in [0.5, 0.6) is 0 Å². The Labute approximate surface area is 188 Å². The molecule has 1 aliphatic rings. The lowest BCUT2D eigenvalue weighted by molar-refractivity contribution is -0.0359. The molecule has 1 unspecified atom stereocenters. The van der Waals surface area contributed by atoms with E-state index in [0.717, 1.165) is 60.3 Å². The van der Waals surface area contributed by atoms with E-state index in [-0.39, 0.29) is 6.10 Å². The van der Waals surface area contributed by atoms with Gasteiger partial charge >= 0.3 is 0 Å². The number of hydrogen-bond donors (Lipinski definition) is 1. The maximum atomic E-state index is 6.06. The van der Waals surface area contributed by atoms with Gasteiger partial charge in [0.05, 0.1) is 41.8 Å². The molecule has 164 valence electrons. The second-order valence-corrected chi connectivity index (χ2v) is 8.12. The zero-order chi connectivity index (χ0) is 21.9. The minimum Gasteiger partial charge on any atom is -0.369 e. The largest absolute Gasteiger partial charge is 0.369 e. The van der Waals surface area contributed by atoms with Crippen molar-refractivity contribution in [3.8, 4) is 0 Å². The Bertz CT molecular complexity index is 1200. The van der Waals surface area contributed by atoms with Gasteiger partial charge in [0.15, 0.2) is 0 Å². The highest BCUT2D eigenvalue weighted by molar-refractivity contribution is 5.75. The van der Waals surface area contributed by atoms with Crippen LogP contribution in [0, 0.1) is 6.92 Å². The molecule has 4 heterocycles. The van der Waals surface area contributed by atoms with E-state index in [9.17, 15) is 0 Å². The fourth-order valence-corrected chi connectivity index (χ4v) is 4.25. The number of aryl methyl sites for hydroxylation is 2. The number of pyridine rings is 2. The summed E-state index contributed by atoms with van der Waals surface area (Å²) in [6.07, 6.45) is 3.59. The van der Waals surface area contributed by atoms with Crippen molar-refractivity contribution in [1.82, 2.24) is 24.4 Å². The molecule has 3 aromatic heterocycles. The molecule has 1 saturated heterocycles. The van der Waals surface area contributed by atoms with Gasteiger partial charge in [-0.1, -0.05) is 18.2 Å².